The monoisotopic (exact) mass is 337 g/mol. The maximum Gasteiger partial charge on any atom is 0.407 e. The summed E-state index contributed by atoms with van der Waals surface area (Å²) in [7, 11) is 0. The van der Waals surface area contributed by atoms with E-state index in [1.807, 2.05) is 26.8 Å². The van der Waals surface area contributed by atoms with Crippen LogP contribution >= 0.6 is 12.2 Å². The van der Waals surface area contributed by atoms with Crippen molar-refractivity contribution in [1.29, 1.82) is 0 Å². The van der Waals surface area contributed by atoms with Crippen LogP contribution in [-0.4, -0.2) is 45.7 Å². The average Bonchev–Trinajstić information content (AvgIpc) is 2.46. The second kappa shape index (κ2) is 8.47. The van der Waals surface area contributed by atoms with Crippen LogP contribution in [0.3, 0.4) is 0 Å². The fourth-order valence-electron chi connectivity index (χ4n) is 1.97. The van der Waals surface area contributed by atoms with Gasteiger partial charge < -0.3 is 15.3 Å². The first-order valence-electron chi connectivity index (χ1n) is 7.36. The smallest absolute Gasteiger partial charge is 0.407 e. The van der Waals surface area contributed by atoms with Gasteiger partial charge in [0.1, 0.15) is 0 Å². The molecule has 1 aromatic rings. The maximum absolute atomic E-state index is 11.9. The molecule has 0 aromatic heterocycles. The number of rotatable bonds is 5. The normalized spacial score (nSPS) is 10.7. The largest absolute Gasteiger partial charge is 0.465 e. The molecule has 0 spiro atoms. The number of benzene rings is 1. The Hall–Kier alpha value is -2.15. The first-order chi connectivity index (χ1) is 10.7. The van der Waals surface area contributed by atoms with Crippen molar-refractivity contribution in [3.05, 3.63) is 35.9 Å². The molecule has 3 N–H and O–H groups in total. The predicted octanol–water partition coefficient (Wildman–Crippen LogP) is 2.46. The van der Waals surface area contributed by atoms with Gasteiger partial charge in [-0.3, -0.25) is 10.1 Å². The second-order valence-corrected chi connectivity index (χ2v) is 6.44. The molecule has 23 heavy (non-hydrogen) atoms. The highest BCUT2D eigenvalue weighted by Crippen LogP contribution is 2.13. The van der Waals surface area contributed by atoms with E-state index in [2.05, 4.69) is 10.6 Å². The summed E-state index contributed by atoms with van der Waals surface area (Å²) in [5, 5.41) is 14.9. The topological polar surface area (TPSA) is 81.7 Å². The van der Waals surface area contributed by atoms with Gasteiger partial charge in [0.2, 0.25) is 0 Å². The van der Waals surface area contributed by atoms with Crippen LogP contribution < -0.4 is 10.6 Å². The van der Waals surface area contributed by atoms with Crippen LogP contribution in [0, 0.1) is 0 Å². The van der Waals surface area contributed by atoms with Crippen molar-refractivity contribution in [2.45, 2.75) is 32.7 Å². The number of nitrogens with zero attached hydrogens (tertiary/aromatic N) is 1. The van der Waals surface area contributed by atoms with Crippen LogP contribution in [0.5, 0.6) is 0 Å². The minimum absolute atomic E-state index is 0.233. The zero-order valence-electron chi connectivity index (χ0n) is 13.6. The minimum atomic E-state index is -0.947. The summed E-state index contributed by atoms with van der Waals surface area (Å²) >= 11 is 5.06. The third-order valence-corrected chi connectivity index (χ3v) is 3.39. The number of carbonyl (C=O) groups is 2. The van der Waals surface area contributed by atoms with Crippen molar-refractivity contribution in [3.8, 4) is 0 Å². The summed E-state index contributed by atoms with van der Waals surface area (Å²) in [4.78, 5) is 24.5. The molecule has 0 atom stereocenters. The van der Waals surface area contributed by atoms with Gasteiger partial charge in [-0.05, 0) is 51.5 Å². The lowest BCUT2D eigenvalue weighted by molar-refractivity contribution is 0.0975. The van der Waals surface area contributed by atoms with Gasteiger partial charge in [-0.1, -0.05) is 18.2 Å². The molecule has 0 radical (unpaired) electrons. The zero-order chi connectivity index (χ0) is 17.5. The lowest BCUT2D eigenvalue weighted by Crippen LogP contribution is -2.46. The molecule has 0 fully saturated rings. The summed E-state index contributed by atoms with van der Waals surface area (Å²) in [6.45, 7) is 6.41. The van der Waals surface area contributed by atoms with Crippen LogP contribution in [-0.2, 0) is 0 Å². The fourth-order valence-corrected chi connectivity index (χ4v) is 2.16. The molecule has 0 aliphatic rings. The first-order valence-corrected chi connectivity index (χ1v) is 7.77. The summed E-state index contributed by atoms with van der Waals surface area (Å²) in [6, 6.07) is 8.78. The van der Waals surface area contributed by atoms with Crippen LogP contribution in [0.15, 0.2) is 30.3 Å². The van der Waals surface area contributed by atoms with Gasteiger partial charge in [0.25, 0.3) is 5.91 Å². The number of carbonyl (C=O) groups excluding carboxylic acids is 1. The highest BCUT2D eigenvalue weighted by molar-refractivity contribution is 7.80. The molecular weight excluding hydrogens is 314 g/mol. The molecule has 0 saturated heterocycles. The Bertz CT molecular complexity index is 555. The summed E-state index contributed by atoms with van der Waals surface area (Å²) in [6.07, 6.45) is -0.359. The van der Waals surface area contributed by atoms with E-state index in [1.54, 1.807) is 24.3 Å². The lowest BCUT2D eigenvalue weighted by Gasteiger charge is -2.33. The Labute approximate surface area is 141 Å². The number of amides is 2. The minimum Gasteiger partial charge on any atom is -0.465 e. The van der Waals surface area contributed by atoms with Crippen molar-refractivity contribution in [3.63, 3.8) is 0 Å². The number of hydrogen-bond donors (Lipinski definition) is 3. The number of carboxylic acid groups (broad SMARTS) is 1. The lowest BCUT2D eigenvalue weighted by atomic mass is 10.1. The molecule has 0 saturated carbocycles. The zero-order valence-corrected chi connectivity index (χ0v) is 14.4. The Kier molecular flexibility index (Phi) is 6.96. The Morgan fingerprint density at radius 2 is 1.83 bits per heavy atom. The van der Waals surface area contributed by atoms with E-state index < -0.39 is 11.6 Å². The fraction of sp³-hybridized carbons (Fsp3) is 0.438. The highest BCUT2D eigenvalue weighted by atomic mass is 32.1. The van der Waals surface area contributed by atoms with Gasteiger partial charge in [-0.2, -0.15) is 0 Å². The standard InChI is InChI=1S/C16H23N3O3S/c1-16(2,3)19(15(21)22)11-7-10-17-14(23)18-13(20)12-8-5-4-6-9-12/h4-6,8-9H,7,10-11H2,1-3H3,(H,21,22)(H2,17,18,20,23). The van der Waals surface area contributed by atoms with Crippen molar-refractivity contribution in [1.82, 2.24) is 15.5 Å². The summed E-state index contributed by atoms with van der Waals surface area (Å²) in [5.74, 6) is -0.273. The molecule has 2 amide bonds. The molecule has 126 valence electrons. The van der Waals surface area contributed by atoms with Gasteiger partial charge >= 0.3 is 6.09 Å². The average molecular weight is 337 g/mol. The molecule has 0 aliphatic heterocycles. The van der Waals surface area contributed by atoms with E-state index in [9.17, 15) is 14.7 Å². The van der Waals surface area contributed by atoms with Gasteiger partial charge in [0.05, 0.1) is 0 Å². The molecule has 1 rings (SSSR count). The van der Waals surface area contributed by atoms with E-state index in [4.69, 9.17) is 12.2 Å². The van der Waals surface area contributed by atoms with Crippen LogP contribution in [0.1, 0.15) is 37.6 Å². The Balaban J connectivity index is 2.34. The van der Waals surface area contributed by atoms with E-state index in [1.165, 1.54) is 4.90 Å². The molecular formula is C16H23N3O3S. The third kappa shape index (κ3) is 6.65. The van der Waals surface area contributed by atoms with E-state index in [0.29, 0.717) is 25.1 Å². The molecule has 7 heteroatoms. The van der Waals surface area contributed by atoms with Gasteiger partial charge in [0, 0.05) is 24.2 Å². The second-order valence-electron chi connectivity index (χ2n) is 6.03. The number of nitrogens with one attached hydrogen (secondary N) is 2. The van der Waals surface area contributed by atoms with Crippen LogP contribution in [0.2, 0.25) is 0 Å². The van der Waals surface area contributed by atoms with Gasteiger partial charge in [-0.15, -0.1) is 0 Å². The van der Waals surface area contributed by atoms with E-state index in [-0.39, 0.29) is 11.0 Å². The SMILES string of the molecule is CC(C)(C)N(CCCNC(=S)NC(=O)c1ccccc1)C(=O)O. The first kappa shape index (κ1) is 18.9. The van der Waals surface area contributed by atoms with E-state index >= 15 is 0 Å². The third-order valence-electron chi connectivity index (χ3n) is 3.15. The molecule has 0 unspecified atom stereocenters. The Morgan fingerprint density at radius 1 is 1.22 bits per heavy atom. The molecule has 1 aromatic carbocycles. The van der Waals surface area contributed by atoms with Crippen molar-refractivity contribution >= 4 is 29.3 Å². The van der Waals surface area contributed by atoms with E-state index in [0.717, 1.165) is 0 Å². The van der Waals surface area contributed by atoms with Gasteiger partial charge in [0.15, 0.2) is 5.11 Å². The van der Waals surface area contributed by atoms with Crippen molar-refractivity contribution in [2.75, 3.05) is 13.1 Å². The number of thiocarbonyl (C=S) groups is 1. The quantitative estimate of drug-likeness (QED) is 0.568. The Morgan fingerprint density at radius 3 is 2.35 bits per heavy atom. The maximum atomic E-state index is 11.9. The van der Waals surface area contributed by atoms with Crippen molar-refractivity contribution < 1.29 is 14.7 Å². The van der Waals surface area contributed by atoms with Crippen molar-refractivity contribution in [2.24, 2.45) is 0 Å². The molecule has 0 heterocycles. The molecule has 6 nitrogen and oxygen atoms in total. The predicted molar refractivity (Wildman–Crippen MR) is 93.6 cm³/mol. The van der Waals surface area contributed by atoms with Crippen LogP contribution in [0.4, 0.5) is 4.79 Å². The number of hydrogen-bond acceptors (Lipinski definition) is 3. The summed E-state index contributed by atoms with van der Waals surface area (Å²) in [5.41, 5.74) is 0.0786. The van der Waals surface area contributed by atoms with Crippen LogP contribution in [0.25, 0.3) is 0 Å². The summed E-state index contributed by atoms with van der Waals surface area (Å²) < 4.78 is 0. The molecule has 0 aliphatic carbocycles. The van der Waals surface area contributed by atoms with Gasteiger partial charge in [-0.25, -0.2) is 4.79 Å². The molecule has 0 bridgehead atoms. The highest BCUT2D eigenvalue weighted by Gasteiger charge is 2.25.